The predicted molar refractivity (Wildman–Crippen MR) is 78.8 cm³/mol. The highest BCUT2D eigenvalue weighted by atomic mass is 35.5. The number of hydrogen-bond donors (Lipinski definition) is 2. The molecule has 0 spiro atoms. The van der Waals surface area contributed by atoms with Crippen LogP contribution in [0.5, 0.6) is 0 Å². The lowest BCUT2D eigenvalue weighted by atomic mass is 10.2. The van der Waals surface area contributed by atoms with Crippen molar-refractivity contribution in [3.05, 3.63) is 39.9 Å². The summed E-state index contributed by atoms with van der Waals surface area (Å²) in [6.07, 6.45) is 0. The molecule has 1 amide bonds. The van der Waals surface area contributed by atoms with E-state index in [0.717, 1.165) is 5.57 Å². The summed E-state index contributed by atoms with van der Waals surface area (Å²) in [7, 11) is 0. The lowest BCUT2D eigenvalue weighted by molar-refractivity contribution is 0.0927. The molecule has 1 rings (SSSR count). The highest BCUT2D eigenvalue weighted by molar-refractivity contribution is 6.39. The molecule has 104 valence electrons. The van der Waals surface area contributed by atoms with Crippen LogP contribution in [0.15, 0.2) is 24.3 Å². The number of rotatable bonds is 6. The number of nitrogen functional groups attached to an aromatic ring is 1. The maximum Gasteiger partial charge on any atom is 0.251 e. The van der Waals surface area contributed by atoms with E-state index in [0.29, 0.717) is 25.3 Å². The fraction of sp³-hybridized carbons (Fsp3) is 0.308. The van der Waals surface area contributed by atoms with E-state index in [9.17, 15) is 4.79 Å². The number of carbonyl (C=O) groups is 1. The molecule has 0 aliphatic rings. The van der Waals surface area contributed by atoms with Gasteiger partial charge in [-0.05, 0) is 19.1 Å². The van der Waals surface area contributed by atoms with Crippen molar-refractivity contribution in [1.29, 1.82) is 0 Å². The Morgan fingerprint density at radius 3 is 2.53 bits per heavy atom. The van der Waals surface area contributed by atoms with Crippen molar-refractivity contribution in [2.24, 2.45) is 0 Å². The summed E-state index contributed by atoms with van der Waals surface area (Å²) >= 11 is 11.7. The van der Waals surface area contributed by atoms with E-state index in [1.165, 1.54) is 12.1 Å². The summed E-state index contributed by atoms with van der Waals surface area (Å²) in [5, 5.41) is 3.22. The molecule has 3 N–H and O–H groups in total. The first-order chi connectivity index (χ1) is 8.91. The van der Waals surface area contributed by atoms with Gasteiger partial charge in [0.2, 0.25) is 0 Å². The Morgan fingerprint density at radius 2 is 2.00 bits per heavy atom. The molecule has 0 aromatic heterocycles. The number of anilines is 1. The maximum atomic E-state index is 11.8. The van der Waals surface area contributed by atoms with Crippen LogP contribution in [-0.2, 0) is 4.74 Å². The highest BCUT2D eigenvalue weighted by Crippen LogP contribution is 2.28. The largest absolute Gasteiger partial charge is 0.396 e. The molecule has 0 radical (unpaired) electrons. The summed E-state index contributed by atoms with van der Waals surface area (Å²) in [5.41, 5.74) is 7.16. The van der Waals surface area contributed by atoms with Gasteiger partial charge >= 0.3 is 0 Å². The van der Waals surface area contributed by atoms with E-state index in [1.54, 1.807) is 0 Å². The minimum absolute atomic E-state index is 0.260. The molecule has 0 unspecified atom stereocenters. The van der Waals surface area contributed by atoms with Crippen molar-refractivity contribution in [2.45, 2.75) is 6.92 Å². The Morgan fingerprint density at radius 1 is 1.42 bits per heavy atom. The van der Waals surface area contributed by atoms with Crippen LogP contribution in [0.25, 0.3) is 0 Å². The van der Waals surface area contributed by atoms with Crippen LogP contribution in [0, 0.1) is 0 Å². The first-order valence-corrected chi connectivity index (χ1v) is 6.42. The van der Waals surface area contributed by atoms with E-state index in [2.05, 4.69) is 11.9 Å². The van der Waals surface area contributed by atoms with Crippen LogP contribution in [-0.4, -0.2) is 25.7 Å². The van der Waals surface area contributed by atoms with Gasteiger partial charge in [-0.3, -0.25) is 4.79 Å². The first kappa shape index (κ1) is 15.8. The molecule has 19 heavy (non-hydrogen) atoms. The second kappa shape index (κ2) is 7.38. The van der Waals surface area contributed by atoms with Crippen molar-refractivity contribution < 1.29 is 9.53 Å². The SMILES string of the molecule is C=C(C)COCCNC(=O)c1cc(Cl)c(N)c(Cl)c1. The quantitative estimate of drug-likeness (QED) is 0.482. The summed E-state index contributed by atoms with van der Waals surface area (Å²) in [5.74, 6) is -0.275. The lowest BCUT2D eigenvalue weighted by Crippen LogP contribution is -2.27. The molecule has 0 saturated carbocycles. The van der Waals surface area contributed by atoms with Crippen molar-refractivity contribution in [1.82, 2.24) is 5.32 Å². The Labute approximate surface area is 122 Å². The fourth-order valence-electron chi connectivity index (χ4n) is 1.30. The van der Waals surface area contributed by atoms with Crippen LogP contribution in [0.4, 0.5) is 5.69 Å². The number of nitrogens with two attached hydrogens (primary N) is 1. The monoisotopic (exact) mass is 302 g/mol. The number of hydrogen-bond acceptors (Lipinski definition) is 3. The van der Waals surface area contributed by atoms with Gasteiger partial charge in [0, 0.05) is 12.1 Å². The number of carbonyl (C=O) groups excluding carboxylic acids is 1. The van der Waals surface area contributed by atoms with Gasteiger partial charge in [-0.1, -0.05) is 35.4 Å². The smallest absolute Gasteiger partial charge is 0.251 e. The zero-order chi connectivity index (χ0) is 14.4. The average Bonchev–Trinajstić information content (AvgIpc) is 2.34. The molecule has 0 bridgehead atoms. The van der Waals surface area contributed by atoms with E-state index < -0.39 is 0 Å². The molecule has 0 atom stereocenters. The summed E-state index contributed by atoms with van der Waals surface area (Å²) in [4.78, 5) is 11.8. The van der Waals surface area contributed by atoms with Crippen molar-refractivity contribution in [3.8, 4) is 0 Å². The van der Waals surface area contributed by atoms with Gasteiger partial charge in [0.1, 0.15) is 0 Å². The Balaban J connectivity index is 2.48. The molecule has 4 nitrogen and oxygen atoms in total. The molecule has 1 aromatic carbocycles. The molecule has 0 fully saturated rings. The minimum Gasteiger partial charge on any atom is -0.396 e. The predicted octanol–water partition coefficient (Wildman–Crippen LogP) is 2.90. The zero-order valence-corrected chi connectivity index (χ0v) is 12.1. The third-order valence-corrected chi connectivity index (χ3v) is 2.85. The van der Waals surface area contributed by atoms with Gasteiger partial charge in [0.15, 0.2) is 0 Å². The van der Waals surface area contributed by atoms with Gasteiger partial charge < -0.3 is 15.8 Å². The van der Waals surface area contributed by atoms with Crippen molar-refractivity contribution >= 4 is 34.8 Å². The van der Waals surface area contributed by atoms with Crippen LogP contribution >= 0.6 is 23.2 Å². The fourth-order valence-corrected chi connectivity index (χ4v) is 1.79. The summed E-state index contributed by atoms with van der Waals surface area (Å²) < 4.78 is 5.26. The molecular weight excluding hydrogens is 287 g/mol. The Bertz CT molecular complexity index is 467. The van der Waals surface area contributed by atoms with Crippen molar-refractivity contribution in [3.63, 3.8) is 0 Å². The molecule has 0 aliphatic heterocycles. The van der Waals surface area contributed by atoms with Gasteiger partial charge in [0.25, 0.3) is 5.91 Å². The van der Waals surface area contributed by atoms with E-state index >= 15 is 0 Å². The van der Waals surface area contributed by atoms with Crippen LogP contribution < -0.4 is 11.1 Å². The number of nitrogens with one attached hydrogen (secondary N) is 1. The number of benzene rings is 1. The topological polar surface area (TPSA) is 64.3 Å². The zero-order valence-electron chi connectivity index (χ0n) is 10.6. The molecule has 0 aliphatic carbocycles. The van der Waals surface area contributed by atoms with Gasteiger partial charge in [-0.25, -0.2) is 0 Å². The van der Waals surface area contributed by atoms with Gasteiger partial charge in [-0.15, -0.1) is 0 Å². The van der Waals surface area contributed by atoms with Gasteiger partial charge in [0.05, 0.1) is 28.9 Å². The van der Waals surface area contributed by atoms with Crippen LogP contribution in [0.3, 0.4) is 0 Å². The Kier molecular flexibility index (Phi) is 6.15. The second-order valence-electron chi connectivity index (χ2n) is 4.12. The summed E-state index contributed by atoms with van der Waals surface area (Å²) in [6.45, 7) is 6.87. The minimum atomic E-state index is -0.275. The molecule has 0 saturated heterocycles. The normalized spacial score (nSPS) is 10.3. The summed E-state index contributed by atoms with van der Waals surface area (Å²) in [6, 6.07) is 2.96. The molecule has 6 heteroatoms. The Hall–Kier alpha value is -1.23. The number of amides is 1. The number of halogens is 2. The number of ether oxygens (including phenoxy) is 1. The van der Waals surface area contributed by atoms with Crippen molar-refractivity contribution in [2.75, 3.05) is 25.5 Å². The first-order valence-electron chi connectivity index (χ1n) is 5.66. The lowest BCUT2D eigenvalue weighted by Gasteiger charge is -2.08. The average molecular weight is 303 g/mol. The standard InChI is InChI=1S/C13H16Cl2N2O2/c1-8(2)7-19-4-3-17-13(18)9-5-10(14)12(16)11(15)6-9/h5-6H,1,3-4,7,16H2,2H3,(H,17,18). The third-order valence-electron chi connectivity index (χ3n) is 2.22. The third kappa shape index (κ3) is 5.11. The maximum absolute atomic E-state index is 11.8. The van der Waals surface area contributed by atoms with Crippen LogP contribution in [0.2, 0.25) is 10.0 Å². The highest BCUT2D eigenvalue weighted by Gasteiger charge is 2.10. The molecule has 1 aromatic rings. The molecule has 0 heterocycles. The van der Waals surface area contributed by atoms with Crippen LogP contribution in [0.1, 0.15) is 17.3 Å². The van der Waals surface area contributed by atoms with Gasteiger partial charge in [-0.2, -0.15) is 0 Å². The van der Waals surface area contributed by atoms with E-state index in [1.807, 2.05) is 6.92 Å². The second-order valence-corrected chi connectivity index (χ2v) is 4.93. The molecular formula is C13H16Cl2N2O2. The van der Waals surface area contributed by atoms with E-state index in [4.69, 9.17) is 33.7 Å². The van der Waals surface area contributed by atoms with E-state index in [-0.39, 0.29) is 21.6 Å².